The predicted molar refractivity (Wildman–Crippen MR) is 147 cm³/mol. The average molecular weight is 874 g/mol. The topological polar surface area (TPSA) is 319 Å². The van der Waals surface area contributed by atoms with Crippen molar-refractivity contribution in [1.29, 1.82) is 0 Å². The number of hydrogen-bond acceptors (Lipinski definition) is 18. The third kappa shape index (κ3) is 10.9. The molecule has 4 aromatic carbocycles. The molecule has 49 heavy (non-hydrogen) atoms. The van der Waals surface area contributed by atoms with Gasteiger partial charge < -0.3 is 34.9 Å². The summed E-state index contributed by atoms with van der Waals surface area (Å²) in [4.78, 5) is 7.80. The normalized spacial score (nSPS) is 11.7. The Morgan fingerprint density at radius 1 is 0.735 bits per heavy atom. The molecule has 18 nitrogen and oxygen atoms in total. The van der Waals surface area contributed by atoms with Crippen LogP contribution in [0.5, 0.6) is 11.5 Å². The van der Waals surface area contributed by atoms with Crippen LogP contribution < -0.4 is 175 Å². The van der Waals surface area contributed by atoms with Crippen molar-refractivity contribution >= 4 is 92.5 Å². The molecule has 1 aromatic heterocycles. The van der Waals surface area contributed by atoms with Crippen LogP contribution in [0.25, 0.3) is 21.5 Å². The summed E-state index contributed by atoms with van der Waals surface area (Å²) >= 11 is 5.76. The number of nitrogens with one attached hydrogen (secondary N) is 1. The second kappa shape index (κ2) is 18.3. The van der Waals surface area contributed by atoms with Crippen molar-refractivity contribution in [1.82, 2.24) is 15.0 Å². The zero-order chi connectivity index (χ0) is 33.1. The van der Waals surface area contributed by atoms with E-state index in [-0.39, 0.29) is 182 Å². The molecule has 0 amide bonds. The van der Waals surface area contributed by atoms with E-state index in [2.05, 4.69) is 30.5 Å². The van der Waals surface area contributed by atoms with Crippen LogP contribution in [0.3, 0.4) is 0 Å². The Labute approximate surface area is 420 Å². The van der Waals surface area contributed by atoms with Gasteiger partial charge >= 0.3 is 171 Å². The van der Waals surface area contributed by atoms with E-state index in [4.69, 9.17) is 17.3 Å². The quantitative estimate of drug-likeness (QED) is 0.0872. The molecule has 26 heteroatoms. The van der Waals surface area contributed by atoms with Crippen LogP contribution in [0.1, 0.15) is 0 Å². The van der Waals surface area contributed by atoms with Crippen molar-refractivity contribution in [2.45, 2.75) is 14.7 Å². The number of nitrogens with two attached hydrogens (primary N) is 1. The van der Waals surface area contributed by atoms with E-state index >= 15 is 0 Å². The Hall–Kier alpha value is 0.659. The molecule has 0 bridgehead atoms. The van der Waals surface area contributed by atoms with Gasteiger partial charge in [-0.25, -0.2) is 25.3 Å². The molecule has 0 atom stereocenters. The minimum atomic E-state index is -5.58. The zero-order valence-corrected chi connectivity index (χ0v) is 38.3. The molecule has 0 aliphatic rings. The van der Waals surface area contributed by atoms with E-state index in [0.29, 0.717) is 24.3 Å². The largest absolute Gasteiger partial charge is 2.00 e. The SMILES string of the molecule is Nc1nc(Cl)nc(Nc2cc(S(=O)(=O)[O-])cc3cc(S(=O)(=O)[O-])c(N=Nc4c([O-])cc(S(=O)(=O)[O-])c5ccccc45)c([O-])c23)n1.[Cu+2].[K+].[K+].[K+]. The summed E-state index contributed by atoms with van der Waals surface area (Å²) in [5, 5.41) is 34.2. The molecular formula is C23H11ClCuK3N7O11S3. The summed E-state index contributed by atoms with van der Waals surface area (Å²) in [6.07, 6.45) is 0. The standard InChI is InChI=1S/C23H16ClN7O11S3.Cu.3K/c24-21-27-22(25)29-23(28-21)26-13-7-10(43(34,35)36)5-9-6-16(45(40,41)42)19(20(33)17(9)13)31-30-18-12-4-2-1-3-11(12)15(8-14(18)32)44(37,38)39;;;;/h1-8,32-33H,(H,34,35,36)(H,37,38,39)(H,40,41,42)(H3,25,26,27,28,29);;;;/q;+2;3*+1/p-5. The first-order valence-corrected chi connectivity index (χ1v) is 16.2. The molecule has 1 heterocycles. The van der Waals surface area contributed by atoms with E-state index in [1.807, 2.05) is 0 Å². The number of nitrogens with zero attached hydrogens (tertiary/aromatic N) is 5. The minimum Gasteiger partial charge on any atom is -0.871 e. The van der Waals surface area contributed by atoms with Gasteiger partial charge in [-0.1, -0.05) is 35.8 Å². The maximum atomic E-state index is 13.7. The van der Waals surface area contributed by atoms with Gasteiger partial charge in [0.15, 0.2) is 0 Å². The first kappa shape index (κ1) is 47.7. The monoisotopic (exact) mass is 872 g/mol. The van der Waals surface area contributed by atoms with Crippen LogP contribution in [0.4, 0.5) is 29.0 Å². The van der Waals surface area contributed by atoms with E-state index in [9.17, 15) is 49.1 Å². The van der Waals surface area contributed by atoms with Gasteiger partial charge in [-0.15, -0.1) is 5.11 Å². The number of halogens is 1. The molecule has 0 unspecified atom stereocenters. The van der Waals surface area contributed by atoms with Gasteiger partial charge in [0.1, 0.15) is 30.4 Å². The van der Waals surface area contributed by atoms with Crippen molar-refractivity contribution in [2.24, 2.45) is 10.2 Å². The second-order valence-electron chi connectivity index (χ2n) is 8.86. The average Bonchev–Trinajstić information content (AvgIpc) is 2.90. The summed E-state index contributed by atoms with van der Waals surface area (Å²) in [6.45, 7) is 0. The molecule has 0 saturated carbocycles. The third-order valence-corrected chi connectivity index (χ3v) is 8.71. The van der Waals surface area contributed by atoms with Gasteiger partial charge in [0, 0.05) is 16.5 Å². The number of anilines is 3. The predicted octanol–water partition coefficient (Wildman–Crippen LogP) is -7.56. The summed E-state index contributed by atoms with van der Waals surface area (Å²) in [6, 6.07) is 7.39. The molecule has 5 rings (SSSR count). The first-order chi connectivity index (χ1) is 20.8. The van der Waals surface area contributed by atoms with Crippen LogP contribution in [0, 0.1) is 0 Å². The molecule has 0 saturated heterocycles. The fourth-order valence-corrected chi connectivity index (χ4v) is 6.27. The van der Waals surface area contributed by atoms with Crippen molar-refractivity contribution < 1.29 is 220 Å². The van der Waals surface area contributed by atoms with Crippen molar-refractivity contribution in [3.05, 3.63) is 53.8 Å². The van der Waals surface area contributed by atoms with Gasteiger partial charge in [0.05, 0.1) is 26.1 Å². The van der Waals surface area contributed by atoms with Crippen molar-refractivity contribution in [3.63, 3.8) is 0 Å². The van der Waals surface area contributed by atoms with E-state index in [1.54, 1.807) is 0 Å². The molecule has 0 fully saturated rings. The molecule has 0 spiro atoms. The van der Waals surface area contributed by atoms with E-state index in [0.717, 1.165) is 0 Å². The maximum absolute atomic E-state index is 13.7. The van der Waals surface area contributed by atoms with Gasteiger partial charge in [-0.3, -0.25) is 0 Å². The molecular weight excluding hydrogens is 863 g/mol. The number of benzene rings is 4. The summed E-state index contributed by atoms with van der Waals surface area (Å²) in [5.74, 6) is -3.40. The van der Waals surface area contributed by atoms with Gasteiger partial charge in [0.2, 0.25) is 17.2 Å². The number of hydrogen-bond donors (Lipinski definition) is 2. The van der Waals surface area contributed by atoms with Crippen LogP contribution in [0.15, 0.2) is 73.4 Å². The van der Waals surface area contributed by atoms with Crippen molar-refractivity contribution in [2.75, 3.05) is 11.1 Å². The van der Waals surface area contributed by atoms with E-state index in [1.165, 1.54) is 24.3 Å². The summed E-state index contributed by atoms with van der Waals surface area (Å²) < 4.78 is 107. The summed E-state index contributed by atoms with van der Waals surface area (Å²) in [7, 11) is -16.0. The van der Waals surface area contributed by atoms with E-state index < -0.39 is 102 Å². The minimum absolute atomic E-state index is 0. The Balaban J connectivity index is 0.00000300. The molecule has 0 aliphatic carbocycles. The van der Waals surface area contributed by atoms with Gasteiger partial charge in [0.25, 0.3) is 0 Å². The fourth-order valence-electron chi connectivity index (χ4n) is 4.23. The third-order valence-electron chi connectivity index (χ3n) is 6.00. The number of aromatic nitrogens is 3. The molecule has 3 N–H and O–H groups in total. The fraction of sp³-hybridized carbons (Fsp3) is 0. The Bertz CT molecular complexity index is 2440. The van der Waals surface area contributed by atoms with Crippen LogP contribution in [-0.2, 0) is 47.4 Å². The number of rotatable bonds is 7. The molecule has 0 aliphatic heterocycles. The van der Waals surface area contributed by atoms with Crippen molar-refractivity contribution in [3.8, 4) is 11.5 Å². The van der Waals surface area contributed by atoms with Crippen LogP contribution in [0.2, 0.25) is 5.28 Å². The number of fused-ring (bicyclic) bond motifs is 2. The smallest absolute Gasteiger partial charge is 0.871 e. The molecule has 243 valence electrons. The number of azo groups is 1. The zero-order valence-electron chi connectivity index (χ0n) is 24.8. The first-order valence-electron chi connectivity index (χ1n) is 11.6. The Morgan fingerprint density at radius 2 is 1.31 bits per heavy atom. The maximum Gasteiger partial charge on any atom is 2.00 e. The number of nitrogen functional groups attached to an aromatic ring is 1. The Kier molecular flexibility index (Phi) is 17.8. The molecule has 5 aromatic rings. The van der Waals surface area contributed by atoms with Gasteiger partial charge in [-0.2, -0.15) is 20.1 Å². The molecule has 1 radical (unpaired) electrons. The summed E-state index contributed by atoms with van der Waals surface area (Å²) in [5.41, 5.74) is 3.22. The van der Waals surface area contributed by atoms with Crippen LogP contribution >= 0.6 is 11.6 Å². The van der Waals surface area contributed by atoms with Gasteiger partial charge in [-0.05, 0) is 46.6 Å². The van der Waals surface area contributed by atoms with Crippen LogP contribution in [-0.4, -0.2) is 53.9 Å². The Morgan fingerprint density at radius 3 is 1.86 bits per heavy atom. The second-order valence-corrected chi connectivity index (χ2v) is 13.3.